The number of carbonyl (C=O) groups is 2. The molecule has 0 aliphatic rings. The van der Waals surface area contributed by atoms with Crippen LogP contribution in [-0.2, 0) is 0 Å². The van der Waals surface area contributed by atoms with Crippen LogP contribution >= 0.6 is 0 Å². The summed E-state index contributed by atoms with van der Waals surface area (Å²) >= 11 is 0. The van der Waals surface area contributed by atoms with Crippen LogP contribution in [-0.4, -0.2) is 23.9 Å². The zero-order valence-electron chi connectivity index (χ0n) is 18.3. The molecule has 6 heteroatoms. The van der Waals surface area contributed by atoms with Gasteiger partial charge in [-0.05, 0) is 60.5 Å². The Morgan fingerprint density at radius 3 is 2.12 bits per heavy atom. The molecule has 2 N–H and O–H groups in total. The first-order chi connectivity index (χ1) is 16.0. The van der Waals surface area contributed by atoms with Gasteiger partial charge in [0.2, 0.25) is 0 Å². The maximum absolute atomic E-state index is 12.9. The van der Waals surface area contributed by atoms with Gasteiger partial charge in [0.1, 0.15) is 5.75 Å². The molecular formula is C27H23N3O3. The van der Waals surface area contributed by atoms with E-state index in [1.807, 2.05) is 49.4 Å². The smallest absolute Gasteiger partial charge is 0.259 e. The summed E-state index contributed by atoms with van der Waals surface area (Å²) in [6, 6.07) is 25.8. The Morgan fingerprint density at radius 2 is 1.42 bits per heavy atom. The number of nitrogens with zero attached hydrogens (tertiary/aromatic N) is 1. The van der Waals surface area contributed by atoms with Crippen LogP contribution in [0.1, 0.15) is 26.4 Å². The minimum atomic E-state index is -0.347. The van der Waals surface area contributed by atoms with Crippen molar-refractivity contribution >= 4 is 23.2 Å². The van der Waals surface area contributed by atoms with Gasteiger partial charge in [-0.25, -0.2) is 0 Å². The molecule has 0 saturated carbocycles. The first-order valence-corrected chi connectivity index (χ1v) is 10.4. The van der Waals surface area contributed by atoms with E-state index in [0.29, 0.717) is 28.3 Å². The van der Waals surface area contributed by atoms with Crippen molar-refractivity contribution in [2.75, 3.05) is 17.7 Å². The number of anilines is 2. The first kappa shape index (κ1) is 21.8. The minimum absolute atomic E-state index is 0.268. The fourth-order valence-corrected chi connectivity index (χ4v) is 3.43. The topological polar surface area (TPSA) is 80.3 Å². The van der Waals surface area contributed by atoms with Crippen LogP contribution in [0.25, 0.3) is 11.1 Å². The molecule has 0 radical (unpaired) electrons. The second kappa shape index (κ2) is 9.78. The van der Waals surface area contributed by atoms with E-state index in [4.69, 9.17) is 4.74 Å². The number of hydrogen-bond acceptors (Lipinski definition) is 4. The largest absolute Gasteiger partial charge is 0.496 e. The molecule has 33 heavy (non-hydrogen) atoms. The van der Waals surface area contributed by atoms with Crippen molar-refractivity contribution in [3.05, 3.63) is 108 Å². The average Bonchev–Trinajstić information content (AvgIpc) is 2.84. The number of methoxy groups -OCH3 is 1. The number of amides is 2. The Morgan fingerprint density at radius 1 is 0.758 bits per heavy atom. The Labute approximate surface area is 192 Å². The lowest BCUT2D eigenvalue weighted by Crippen LogP contribution is -2.16. The van der Waals surface area contributed by atoms with Crippen LogP contribution in [0.3, 0.4) is 0 Å². The van der Waals surface area contributed by atoms with Gasteiger partial charge in [0.25, 0.3) is 11.8 Å². The summed E-state index contributed by atoms with van der Waals surface area (Å²) < 4.78 is 5.34. The molecule has 1 heterocycles. The van der Waals surface area contributed by atoms with Crippen LogP contribution < -0.4 is 15.4 Å². The lowest BCUT2D eigenvalue weighted by atomic mass is 10.0. The summed E-state index contributed by atoms with van der Waals surface area (Å²) in [5.74, 6) is -0.208. The highest BCUT2D eigenvalue weighted by molar-refractivity contribution is 6.08. The number of ether oxygens (including phenoxy) is 1. The molecule has 0 aliphatic heterocycles. The second-order valence-corrected chi connectivity index (χ2v) is 7.45. The van der Waals surface area contributed by atoms with E-state index in [0.717, 1.165) is 16.8 Å². The molecule has 3 aromatic carbocycles. The van der Waals surface area contributed by atoms with Crippen LogP contribution in [0.2, 0.25) is 0 Å². The number of nitrogens with one attached hydrogen (secondary N) is 2. The molecule has 2 amide bonds. The molecule has 1 aromatic heterocycles. The van der Waals surface area contributed by atoms with Gasteiger partial charge in [-0.15, -0.1) is 0 Å². The zero-order valence-corrected chi connectivity index (χ0v) is 18.3. The van der Waals surface area contributed by atoms with Crippen molar-refractivity contribution in [1.82, 2.24) is 4.98 Å². The van der Waals surface area contributed by atoms with E-state index in [1.54, 1.807) is 48.7 Å². The predicted octanol–water partition coefficient (Wildman–Crippen LogP) is 5.57. The standard InChI is InChI=1S/C27H23N3O3/c1-18-16-23(14-15-28-18)30-27(32)24-17-22(12-13-25(24)33-2)29-26(31)21-10-8-20(9-11-21)19-6-4-3-5-7-19/h3-17H,1-2H3,(H,29,31)(H,28,30,32). The van der Waals surface area contributed by atoms with E-state index >= 15 is 0 Å². The Kier molecular flexibility index (Phi) is 6.45. The summed E-state index contributed by atoms with van der Waals surface area (Å²) in [6.45, 7) is 1.85. The molecule has 0 fully saturated rings. The zero-order chi connectivity index (χ0) is 23.2. The van der Waals surface area contributed by atoms with E-state index < -0.39 is 0 Å². The number of aromatic nitrogens is 1. The molecule has 0 atom stereocenters. The maximum Gasteiger partial charge on any atom is 0.259 e. The highest BCUT2D eigenvalue weighted by Gasteiger charge is 2.15. The van der Waals surface area contributed by atoms with E-state index in [9.17, 15) is 9.59 Å². The lowest BCUT2D eigenvalue weighted by Gasteiger charge is -2.12. The van der Waals surface area contributed by atoms with Gasteiger partial charge >= 0.3 is 0 Å². The number of hydrogen-bond donors (Lipinski definition) is 2. The van der Waals surface area contributed by atoms with Crippen LogP contribution in [0.4, 0.5) is 11.4 Å². The normalized spacial score (nSPS) is 10.4. The van der Waals surface area contributed by atoms with Gasteiger partial charge < -0.3 is 15.4 Å². The summed E-state index contributed by atoms with van der Waals surface area (Å²) in [5.41, 5.74) is 4.85. The van der Waals surface area contributed by atoms with Gasteiger partial charge in [0.05, 0.1) is 12.7 Å². The predicted molar refractivity (Wildman–Crippen MR) is 130 cm³/mol. The highest BCUT2D eigenvalue weighted by Crippen LogP contribution is 2.25. The van der Waals surface area contributed by atoms with Gasteiger partial charge in [-0.3, -0.25) is 14.6 Å². The monoisotopic (exact) mass is 437 g/mol. The first-order valence-electron chi connectivity index (χ1n) is 10.4. The van der Waals surface area contributed by atoms with Crippen molar-refractivity contribution in [3.63, 3.8) is 0 Å². The molecule has 0 spiro atoms. The average molecular weight is 437 g/mol. The highest BCUT2D eigenvalue weighted by atomic mass is 16.5. The fraction of sp³-hybridized carbons (Fsp3) is 0.0741. The van der Waals surface area contributed by atoms with Crippen LogP contribution in [0.15, 0.2) is 91.1 Å². The van der Waals surface area contributed by atoms with Gasteiger partial charge in [-0.2, -0.15) is 0 Å². The lowest BCUT2D eigenvalue weighted by molar-refractivity contribution is 0.101. The number of pyridine rings is 1. The number of rotatable bonds is 6. The molecular weight excluding hydrogens is 414 g/mol. The van der Waals surface area contributed by atoms with Crippen molar-refractivity contribution in [2.45, 2.75) is 6.92 Å². The van der Waals surface area contributed by atoms with Crippen LogP contribution in [0, 0.1) is 6.92 Å². The van der Waals surface area contributed by atoms with Crippen molar-refractivity contribution in [2.24, 2.45) is 0 Å². The molecule has 0 saturated heterocycles. The van der Waals surface area contributed by atoms with Crippen molar-refractivity contribution in [3.8, 4) is 16.9 Å². The third-order valence-corrected chi connectivity index (χ3v) is 5.11. The van der Waals surface area contributed by atoms with Crippen molar-refractivity contribution in [1.29, 1.82) is 0 Å². The minimum Gasteiger partial charge on any atom is -0.496 e. The summed E-state index contributed by atoms with van der Waals surface area (Å²) in [7, 11) is 1.50. The van der Waals surface area contributed by atoms with E-state index in [2.05, 4.69) is 15.6 Å². The number of carbonyl (C=O) groups excluding carboxylic acids is 2. The van der Waals surface area contributed by atoms with Crippen LogP contribution in [0.5, 0.6) is 5.75 Å². The summed E-state index contributed by atoms with van der Waals surface area (Å²) in [5, 5.41) is 5.69. The quantitative estimate of drug-likeness (QED) is 0.413. The molecule has 6 nitrogen and oxygen atoms in total. The molecule has 4 aromatic rings. The van der Waals surface area contributed by atoms with Gasteiger partial charge in [0.15, 0.2) is 0 Å². The third kappa shape index (κ3) is 5.25. The molecule has 164 valence electrons. The Balaban J connectivity index is 1.51. The van der Waals surface area contributed by atoms with E-state index in [1.165, 1.54) is 7.11 Å². The number of benzene rings is 3. The third-order valence-electron chi connectivity index (χ3n) is 5.11. The summed E-state index contributed by atoms with van der Waals surface area (Å²) in [4.78, 5) is 29.8. The Bertz CT molecular complexity index is 1290. The number of aryl methyl sites for hydroxylation is 1. The van der Waals surface area contributed by atoms with Gasteiger partial charge in [-0.1, -0.05) is 42.5 Å². The van der Waals surface area contributed by atoms with E-state index in [-0.39, 0.29) is 11.8 Å². The second-order valence-electron chi connectivity index (χ2n) is 7.45. The van der Waals surface area contributed by atoms with Crippen molar-refractivity contribution < 1.29 is 14.3 Å². The SMILES string of the molecule is COc1ccc(NC(=O)c2ccc(-c3ccccc3)cc2)cc1C(=O)Nc1ccnc(C)c1. The fourth-order valence-electron chi connectivity index (χ4n) is 3.43. The Hall–Kier alpha value is -4.45. The molecule has 4 rings (SSSR count). The maximum atomic E-state index is 12.9. The van der Waals surface area contributed by atoms with Gasteiger partial charge in [0, 0.05) is 28.8 Å². The summed E-state index contributed by atoms with van der Waals surface area (Å²) in [6.07, 6.45) is 1.63. The molecule has 0 unspecified atom stereocenters. The molecule has 0 bridgehead atoms. The molecule has 0 aliphatic carbocycles.